The number of piperidine rings is 1. The minimum Gasteiger partial charge on any atom is -0.341 e. The molecule has 1 aromatic heterocycles. The highest BCUT2D eigenvalue weighted by molar-refractivity contribution is 6.09. The molecule has 0 bridgehead atoms. The van der Waals surface area contributed by atoms with Gasteiger partial charge in [0.25, 0.3) is 0 Å². The van der Waals surface area contributed by atoms with Crippen LogP contribution in [0.5, 0.6) is 0 Å². The second-order valence-corrected chi connectivity index (χ2v) is 9.70. The summed E-state index contributed by atoms with van der Waals surface area (Å²) in [7, 11) is 0. The van der Waals surface area contributed by atoms with Gasteiger partial charge in [0.1, 0.15) is 0 Å². The first kappa shape index (κ1) is 21.9. The lowest BCUT2D eigenvalue weighted by atomic mass is 9.96. The van der Waals surface area contributed by atoms with E-state index in [1.165, 1.54) is 38.1 Å². The van der Waals surface area contributed by atoms with Crippen LogP contribution >= 0.6 is 0 Å². The fourth-order valence-electron chi connectivity index (χ4n) is 5.80. The largest absolute Gasteiger partial charge is 0.341 e. The van der Waals surface area contributed by atoms with E-state index in [-0.39, 0.29) is 11.8 Å². The molecule has 1 fully saturated rings. The molecule has 0 saturated carbocycles. The minimum atomic E-state index is 0.00593. The van der Waals surface area contributed by atoms with E-state index in [9.17, 15) is 4.79 Å². The van der Waals surface area contributed by atoms with Crippen molar-refractivity contribution in [2.75, 3.05) is 18.4 Å². The van der Waals surface area contributed by atoms with Gasteiger partial charge in [0, 0.05) is 47.1 Å². The summed E-state index contributed by atoms with van der Waals surface area (Å²) in [5.41, 5.74) is 4.67. The Morgan fingerprint density at radius 3 is 2.54 bits per heavy atom. The van der Waals surface area contributed by atoms with E-state index in [1.54, 1.807) is 0 Å². The number of fused-ring (bicyclic) bond motifs is 4. The van der Waals surface area contributed by atoms with E-state index in [2.05, 4.69) is 101 Å². The summed E-state index contributed by atoms with van der Waals surface area (Å²) in [6.07, 6.45) is 1.99. The van der Waals surface area contributed by atoms with Crippen LogP contribution in [0, 0.1) is 5.92 Å². The quantitative estimate of drug-likeness (QED) is 0.312. The van der Waals surface area contributed by atoms with Crippen molar-refractivity contribution in [3.05, 3.63) is 90.5 Å². The summed E-state index contributed by atoms with van der Waals surface area (Å²) in [5.74, 6) is 0.137. The first-order valence-electron chi connectivity index (χ1n) is 12.7. The Hall–Kier alpha value is -3.63. The zero-order chi connectivity index (χ0) is 23.8. The molecule has 6 rings (SSSR count). The molecular formula is C31H31N3O. The number of nitrogens with one attached hydrogen (secondary N) is 1. The summed E-state index contributed by atoms with van der Waals surface area (Å²) in [5, 5.41) is 8.25. The van der Waals surface area contributed by atoms with Crippen molar-refractivity contribution >= 4 is 44.2 Å². The lowest BCUT2D eigenvalue weighted by Crippen LogP contribution is -2.40. The Kier molecular flexibility index (Phi) is 5.75. The number of likely N-dealkylation sites (tertiary alicyclic amines) is 1. The minimum absolute atomic E-state index is 0.00593. The fraction of sp³-hybridized carbons (Fsp3) is 0.258. The first-order valence-corrected chi connectivity index (χ1v) is 12.7. The molecule has 1 unspecified atom stereocenters. The fourth-order valence-corrected chi connectivity index (χ4v) is 5.80. The number of carbonyl (C=O) groups is 1. The molecule has 1 aliphatic heterocycles. The van der Waals surface area contributed by atoms with E-state index < -0.39 is 0 Å². The molecule has 35 heavy (non-hydrogen) atoms. The number of para-hydroxylation sites is 1. The van der Waals surface area contributed by atoms with Crippen molar-refractivity contribution in [2.45, 2.75) is 32.9 Å². The predicted octanol–water partition coefficient (Wildman–Crippen LogP) is 6.82. The maximum Gasteiger partial charge on any atom is 0.228 e. The Morgan fingerprint density at radius 2 is 1.66 bits per heavy atom. The number of hydrogen-bond acceptors (Lipinski definition) is 2. The van der Waals surface area contributed by atoms with Crippen LogP contribution in [0.3, 0.4) is 0 Å². The van der Waals surface area contributed by atoms with Gasteiger partial charge < -0.3 is 9.88 Å². The standard InChI is InChI=1S/C31H31N3O/c1-2-34-29-15-6-5-14-27(29)28-19-25(16-17-30(28)34)32-31(35)24-12-8-18-33(21-24)20-23-11-7-10-22-9-3-4-13-26(22)23/h3-7,9-11,13-17,19,24H,2,8,12,18,20-21H2,1H3,(H,32,35). The molecule has 1 saturated heterocycles. The van der Waals surface area contributed by atoms with Crippen LogP contribution in [0.25, 0.3) is 32.6 Å². The Morgan fingerprint density at radius 1 is 0.886 bits per heavy atom. The Bertz CT molecular complexity index is 1530. The maximum absolute atomic E-state index is 13.3. The van der Waals surface area contributed by atoms with E-state index in [0.717, 1.165) is 44.7 Å². The topological polar surface area (TPSA) is 37.3 Å². The van der Waals surface area contributed by atoms with Gasteiger partial charge in [-0.3, -0.25) is 9.69 Å². The number of aromatic nitrogens is 1. The van der Waals surface area contributed by atoms with Crippen LogP contribution in [0.15, 0.2) is 84.9 Å². The Labute approximate surface area is 206 Å². The average molecular weight is 462 g/mol. The zero-order valence-electron chi connectivity index (χ0n) is 20.2. The number of rotatable bonds is 5. The highest BCUT2D eigenvalue weighted by Gasteiger charge is 2.26. The number of amides is 1. The van der Waals surface area contributed by atoms with Gasteiger partial charge >= 0.3 is 0 Å². The van der Waals surface area contributed by atoms with Crippen molar-refractivity contribution < 1.29 is 4.79 Å². The lowest BCUT2D eigenvalue weighted by molar-refractivity contribution is -0.121. The number of anilines is 1. The monoisotopic (exact) mass is 461 g/mol. The normalized spacial score (nSPS) is 16.8. The third-order valence-corrected chi connectivity index (χ3v) is 7.51. The number of benzene rings is 4. The number of carbonyl (C=O) groups excluding carboxylic acids is 1. The average Bonchev–Trinajstić information content (AvgIpc) is 3.22. The van der Waals surface area contributed by atoms with Gasteiger partial charge in [-0.05, 0) is 66.9 Å². The number of aryl methyl sites for hydroxylation is 1. The van der Waals surface area contributed by atoms with Gasteiger partial charge in [0.2, 0.25) is 5.91 Å². The van der Waals surface area contributed by atoms with Crippen molar-refractivity contribution in [3.63, 3.8) is 0 Å². The van der Waals surface area contributed by atoms with E-state index >= 15 is 0 Å². The zero-order valence-corrected chi connectivity index (χ0v) is 20.2. The second-order valence-electron chi connectivity index (χ2n) is 9.70. The summed E-state index contributed by atoms with van der Waals surface area (Å²) in [4.78, 5) is 15.7. The third kappa shape index (κ3) is 4.08. The van der Waals surface area contributed by atoms with E-state index in [4.69, 9.17) is 0 Å². The van der Waals surface area contributed by atoms with Crippen molar-refractivity contribution in [1.29, 1.82) is 0 Å². The summed E-state index contributed by atoms with van der Waals surface area (Å²) in [6.45, 7) is 5.81. The van der Waals surface area contributed by atoms with Crippen molar-refractivity contribution in [1.82, 2.24) is 9.47 Å². The van der Waals surface area contributed by atoms with Crippen LogP contribution in [0.1, 0.15) is 25.3 Å². The molecule has 5 aromatic rings. The Balaban J connectivity index is 1.20. The first-order chi connectivity index (χ1) is 17.2. The summed E-state index contributed by atoms with van der Waals surface area (Å²) >= 11 is 0. The van der Waals surface area contributed by atoms with Gasteiger partial charge in [-0.25, -0.2) is 0 Å². The second kappa shape index (κ2) is 9.20. The SMILES string of the molecule is CCn1c2ccccc2c2cc(NC(=O)C3CCCN(Cc4cccc5ccccc45)C3)ccc21. The van der Waals surface area contributed by atoms with Crippen LogP contribution in [0.2, 0.25) is 0 Å². The molecule has 1 N–H and O–H groups in total. The van der Waals surface area contributed by atoms with Crippen LogP contribution in [0.4, 0.5) is 5.69 Å². The van der Waals surface area contributed by atoms with Gasteiger partial charge in [0.15, 0.2) is 0 Å². The lowest BCUT2D eigenvalue weighted by Gasteiger charge is -2.32. The molecule has 0 aliphatic carbocycles. The van der Waals surface area contributed by atoms with Crippen LogP contribution in [-0.2, 0) is 17.9 Å². The molecule has 1 aliphatic rings. The van der Waals surface area contributed by atoms with Crippen molar-refractivity contribution in [2.24, 2.45) is 5.92 Å². The molecule has 1 amide bonds. The number of hydrogen-bond donors (Lipinski definition) is 1. The van der Waals surface area contributed by atoms with Crippen molar-refractivity contribution in [3.8, 4) is 0 Å². The van der Waals surface area contributed by atoms with Gasteiger partial charge in [-0.15, -0.1) is 0 Å². The third-order valence-electron chi connectivity index (χ3n) is 7.51. The van der Waals surface area contributed by atoms with Crippen LogP contribution < -0.4 is 5.32 Å². The smallest absolute Gasteiger partial charge is 0.228 e. The molecule has 2 heterocycles. The van der Waals surface area contributed by atoms with Gasteiger partial charge in [0.05, 0.1) is 5.92 Å². The van der Waals surface area contributed by atoms with E-state index in [1.807, 2.05) is 6.07 Å². The highest BCUT2D eigenvalue weighted by Crippen LogP contribution is 2.31. The maximum atomic E-state index is 13.3. The highest BCUT2D eigenvalue weighted by atomic mass is 16.1. The molecule has 1 atom stereocenters. The molecule has 4 heteroatoms. The van der Waals surface area contributed by atoms with E-state index in [0.29, 0.717) is 0 Å². The van der Waals surface area contributed by atoms with Gasteiger partial charge in [-0.1, -0.05) is 60.7 Å². The van der Waals surface area contributed by atoms with Crippen LogP contribution in [-0.4, -0.2) is 28.5 Å². The predicted molar refractivity (Wildman–Crippen MR) is 146 cm³/mol. The molecule has 176 valence electrons. The molecular weight excluding hydrogens is 430 g/mol. The molecule has 0 radical (unpaired) electrons. The molecule has 4 aromatic carbocycles. The summed E-state index contributed by atoms with van der Waals surface area (Å²) in [6, 6.07) is 29.9. The molecule has 4 nitrogen and oxygen atoms in total. The molecule has 0 spiro atoms. The number of nitrogens with zero attached hydrogens (tertiary/aromatic N) is 2. The summed E-state index contributed by atoms with van der Waals surface area (Å²) < 4.78 is 2.34. The van der Waals surface area contributed by atoms with Gasteiger partial charge in [-0.2, -0.15) is 0 Å².